The molecule has 1 saturated heterocycles. The second kappa shape index (κ2) is 3.79. The van der Waals surface area contributed by atoms with Gasteiger partial charge in [-0.2, -0.15) is 0 Å². The van der Waals surface area contributed by atoms with Gasteiger partial charge in [-0.1, -0.05) is 25.1 Å². The zero-order valence-electron chi connectivity index (χ0n) is 9.87. The molecule has 0 spiro atoms. The van der Waals surface area contributed by atoms with E-state index in [1.165, 1.54) is 0 Å². The normalized spacial score (nSPS) is 24.7. The molecule has 16 heavy (non-hydrogen) atoms. The summed E-state index contributed by atoms with van der Waals surface area (Å²) in [5.41, 5.74) is 4.82. The predicted octanol–water partition coefficient (Wildman–Crippen LogP) is 2.16. The van der Waals surface area contributed by atoms with Crippen molar-refractivity contribution in [3.05, 3.63) is 29.8 Å². The summed E-state index contributed by atoms with van der Waals surface area (Å²) < 4.78 is 0. The van der Waals surface area contributed by atoms with E-state index >= 15 is 0 Å². The first-order chi connectivity index (χ1) is 7.56. The summed E-state index contributed by atoms with van der Waals surface area (Å²) in [7, 11) is 0. The molecule has 0 radical (unpaired) electrons. The summed E-state index contributed by atoms with van der Waals surface area (Å²) in [6, 6.07) is 7.72. The second-order valence-electron chi connectivity index (χ2n) is 4.35. The zero-order valence-corrected chi connectivity index (χ0v) is 9.87. The molecule has 1 aliphatic rings. The highest BCUT2D eigenvalue weighted by molar-refractivity contribution is 5.94. The molecule has 2 amide bonds. The molecule has 1 aliphatic heterocycles. The Morgan fingerprint density at radius 3 is 2.62 bits per heavy atom. The third kappa shape index (κ3) is 1.76. The number of urea groups is 1. The highest BCUT2D eigenvalue weighted by atomic mass is 16.2. The van der Waals surface area contributed by atoms with Crippen LogP contribution < -0.4 is 15.8 Å². The van der Waals surface area contributed by atoms with Crippen molar-refractivity contribution in [1.82, 2.24) is 10.7 Å². The van der Waals surface area contributed by atoms with Crippen molar-refractivity contribution in [2.45, 2.75) is 32.9 Å². The van der Waals surface area contributed by atoms with Crippen LogP contribution in [0.15, 0.2) is 24.3 Å². The minimum atomic E-state index is -0.348. The first kappa shape index (κ1) is 11.0. The molecule has 2 rings (SSSR count). The molecule has 0 aliphatic carbocycles. The van der Waals surface area contributed by atoms with Crippen molar-refractivity contribution in [2.75, 3.05) is 5.01 Å². The molecule has 0 aromatic heterocycles. The van der Waals surface area contributed by atoms with E-state index in [0.29, 0.717) is 0 Å². The smallest absolute Gasteiger partial charge is 0.317 e. The summed E-state index contributed by atoms with van der Waals surface area (Å²) in [6.07, 6.45) is 0.834. The van der Waals surface area contributed by atoms with Crippen LogP contribution in [0, 0.1) is 6.92 Å². The number of benzene rings is 1. The number of hydrogen-bond donors (Lipinski definition) is 2. The monoisotopic (exact) mass is 219 g/mol. The average Bonchev–Trinajstić information content (AvgIpc) is 2.56. The Morgan fingerprint density at radius 2 is 2.06 bits per heavy atom. The van der Waals surface area contributed by atoms with Gasteiger partial charge in [0.05, 0.1) is 5.69 Å². The zero-order chi connectivity index (χ0) is 11.8. The largest absolute Gasteiger partial charge is 0.338 e. The maximum Gasteiger partial charge on any atom is 0.338 e. The third-order valence-corrected chi connectivity index (χ3v) is 3.01. The first-order valence-electron chi connectivity index (χ1n) is 5.51. The Hall–Kier alpha value is -1.55. The molecule has 1 atom stereocenters. The fraction of sp³-hybridized carbons (Fsp3) is 0.417. The van der Waals surface area contributed by atoms with Crippen molar-refractivity contribution < 1.29 is 4.79 Å². The lowest BCUT2D eigenvalue weighted by atomic mass is 10.1. The van der Waals surface area contributed by atoms with Crippen LogP contribution >= 0.6 is 0 Å². The number of carbonyl (C=O) groups excluding carboxylic acids is 1. The number of carbonyl (C=O) groups is 1. The molecule has 2 N–H and O–H groups in total. The summed E-state index contributed by atoms with van der Waals surface area (Å²) in [5, 5.41) is 4.51. The number of nitrogens with zero attached hydrogens (tertiary/aromatic N) is 1. The first-order valence-corrected chi connectivity index (χ1v) is 5.51. The lowest BCUT2D eigenvalue weighted by Gasteiger charge is -2.23. The SMILES string of the molecule is CC[C@]1(C)NC(=O)N(c2ccccc2C)N1. The maximum atomic E-state index is 11.9. The molecular weight excluding hydrogens is 202 g/mol. The van der Waals surface area contributed by atoms with Gasteiger partial charge in [0.15, 0.2) is 0 Å². The van der Waals surface area contributed by atoms with E-state index in [1.54, 1.807) is 5.01 Å². The lowest BCUT2D eigenvalue weighted by molar-refractivity contribution is 0.247. The summed E-state index contributed by atoms with van der Waals surface area (Å²) in [4.78, 5) is 11.9. The predicted molar refractivity (Wildman–Crippen MR) is 64.0 cm³/mol. The minimum Gasteiger partial charge on any atom is -0.317 e. The topological polar surface area (TPSA) is 44.4 Å². The molecule has 0 unspecified atom stereocenters. The van der Waals surface area contributed by atoms with Crippen LogP contribution in [0.2, 0.25) is 0 Å². The number of aryl methyl sites for hydroxylation is 1. The van der Waals surface area contributed by atoms with Gasteiger partial charge in [-0.25, -0.2) is 15.2 Å². The molecule has 86 valence electrons. The fourth-order valence-electron chi connectivity index (χ4n) is 1.77. The second-order valence-corrected chi connectivity index (χ2v) is 4.35. The Balaban J connectivity index is 2.31. The van der Waals surface area contributed by atoms with E-state index < -0.39 is 0 Å². The van der Waals surface area contributed by atoms with Crippen LogP contribution in [0.25, 0.3) is 0 Å². The number of anilines is 1. The Labute approximate surface area is 95.6 Å². The van der Waals surface area contributed by atoms with Gasteiger partial charge in [0.25, 0.3) is 0 Å². The minimum absolute atomic E-state index is 0.0985. The lowest BCUT2D eigenvalue weighted by Crippen LogP contribution is -2.48. The van der Waals surface area contributed by atoms with Gasteiger partial charge in [-0.3, -0.25) is 0 Å². The quantitative estimate of drug-likeness (QED) is 0.800. The molecule has 1 heterocycles. The fourth-order valence-corrected chi connectivity index (χ4v) is 1.77. The van der Waals surface area contributed by atoms with Crippen molar-refractivity contribution in [3.63, 3.8) is 0 Å². The molecule has 1 aromatic carbocycles. The average molecular weight is 219 g/mol. The summed E-state index contributed by atoms with van der Waals surface area (Å²) in [6.45, 7) is 6.00. The van der Waals surface area contributed by atoms with Gasteiger partial charge in [-0.05, 0) is 31.9 Å². The van der Waals surface area contributed by atoms with E-state index in [9.17, 15) is 4.79 Å². The van der Waals surface area contributed by atoms with Crippen molar-refractivity contribution >= 4 is 11.7 Å². The molecule has 0 saturated carbocycles. The van der Waals surface area contributed by atoms with Crippen LogP contribution in [0.5, 0.6) is 0 Å². The maximum absolute atomic E-state index is 11.9. The Bertz CT molecular complexity index is 418. The van der Waals surface area contributed by atoms with E-state index in [-0.39, 0.29) is 11.7 Å². The Kier molecular flexibility index (Phi) is 2.59. The van der Waals surface area contributed by atoms with Crippen molar-refractivity contribution in [3.8, 4) is 0 Å². The number of para-hydroxylation sites is 1. The number of nitrogens with one attached hydrogen (secondary N) is 2. The van der Waals surface area contributed by atoms with Gasteiger partial charge in [-0.15, -0.1) is 0 Å². The molecule has 4 nitrogen and oxygen atoms in total. The summed E-state index contributed by atoms with van der Waals surface area (Å²) in [5.74, 6) is 0. The van der Waals surface area contributed by atoms with Crippen molar-refractivity contribution in [1.29, 1.82) is 0 Å². The standard InChI is InChI=1S/C12H17N3O/c1-4-12(3)13-11(16)15(14-12)10-8-6-5-7-9(10)2/h5-8,14H,4H2,1-3H3,(H,13,16)/t12-/m1/s1. The summed E-state index contributed by atoms with van der Waals surface area (Å²) >= 11 is 0. The van der Waals surface area contributed by atoms with Crippen LogP contribution in [-0.2, 0) is 0 Å². The van der Waals surface area contributed by atoms with Gasteiger partial charge in [0.1, 0.15) is 5.66 Å². The number of rotatable bonds is 2. The van der Waals surface area contributed by atoms with Crippen LogP contribution in [0.1, 0.15) is 25.8 Å². The van der Waals surface area contributed by atoms with E-state index in [0.717, 1.165) is 17.7 Å². The van der Waals surface area contributed by atoms with Crippen LogP contribution in [0.4, 0.5) is 10.5 Å². The van der Waals surface area contributed by atoms with Gasteiger partial charge < -0.3 is 5.32 Å². The number of hydrazine groups is 1. The van der Waals surface area contributed by atoms with E-state index in [4.69, 9.17) is 0 Å². The molecular formula is C12H17N3O. The number of amides is 2. The molecule has 4 heteroatoms. The highest BCUT2D eigenvalue weighted by Crippen LogP contribution is 2.23. The van der Waals surface area contributed by atoms with E-state index in [2.05, 4.69) is 10.7 Å². The van der Waals surface area contributed by atoms with E-state index in [1.807, 2.05) is 45.0 Å². The molecule has 1 fully saturated rings. The Morgan fingerprint density at radius 1 is 1.38 bits per heavy atom. The molecule has 0 bridgehead atoms. The van der Waals surface area contributed by atoms with Gasteiger partial charge in [0, 0.05) is 0 Å². The van der Waals surface area contributed by atoms with Gasteiger partial charge >= 0.3 is 6.03 Å². The highest BCUT2D eigenvalue weighted by Gasteiger charge is 2.37. The van der Waals surface area contributed by atoms with Crippen LogP contribution in [0.3, 0.4) is 0 Å². The van der Waals surface area contributed by atoms with Gasteiger partial charge in [0.2, 0.25) is 0 Å². The molecule has 1 aromatic rings. The van der Waals surface area contributed by atoms with Crippen LogP contribution in [-0.4, -0.2) is 11.7 Å². The third-order valence-electron chi connectivity index (χ3n) is 3.01. The number of hydrogen-bond acceptors (Lipinski definition) is 2. The van der Waals surface area contributed by atoms with Crippen molar-refractivity contribution in [2.24, 2.45) is 0 Å².